The lowest BCUT2D eigenvalue weighted by molar-refractivity contribution is 0.629. The minimum atomic E-state index is 0.0224. The van der Waals surface area contributed by atoms with Gasteiger partial charge in [-0.05, 0) is 36.8 Å². The minimum Gasteiger partial charge on any atom is -0.308 e. The first-order chi connectivity index (χ1) is 13.6. The molecule has 0 radical (unpaired) electrons. The Labute approximate surface area is 163 Å². The van der Waals surface area contributed by atoms with E-state index in [1.54, 1.807) is 17.2 Å². The number of aromatic nitrogens is 4. The number of para-hydroxylation sites is 1. The van der Waals surface area contributed by atoms with Gasteiger partial charge >= 0.3 is 0 Å². The third kappa shape index (κ3) is 3.42. The first-order valence-corrected chi connectivity index (χ1v) is 9.26. The average molecular weight is 373 g/mol. The molecule has 0 aliphatic carbocycles. The normalized spacial score (nSPS) is 11.1. The quantitative estimate of drug-likeness (QED) is 0.565. The number of nitrogens with zero attached hydrogens (tertiary/aromatic N) is 4. The molecule has 0 saturated carbocycles. The van der Waals surface area contributed by atoms with Crippen molar-refractivity contribution in [1.82, 2.24) is 24.2 Å². The first-order valence-electron chi connectivity index (χ1n) is 9.26. The van der Waals surface area contributed by atoms with E-state index >= 15 is 0 Å². The van der Waals surface area contributed by atoms with E-state index in [2.05, 4.69) is 34.6 Å². The molecule has 0 atom stereocenters. The maximum Gasteiger partial charge on any atom is 0.276 e. The number of hydrogen-bond donors (Lipinski definition) is 1. The van der Waals surface area contributed by atoms with Crippen LogP contribution in [-0.2, 0) is 20.1 Å². The largest absolute Gasteiger partial charge is 0.308 e. The second-order valence-electron chi connectivity index (χ2n) is 6.78. The van der Waals surface area contributed by atoms with Crippen molar-refractivity contribution in [2.75, 3.05) is 0 Å². The molecule has 0 aliphatic rings. The Kier molecular flexibility index (Phi) is 4.95. The summed E-state index contributed by atoms with van der Waals surface area (Å²) in [6.45, 7) is 3.21. The van der Waals surface area contributed by atoms with Crippen LogP contribution in [0.25, 0.3) is 11.4 Å². The molecule has 0 amide bonds. The van der Waals surface area contributed by atoms with E-state index in [1.165, 1.54) is 5.56 Å². The highest BCUT2D eigenvalue weighted by molar-refractivity contribution is 5.35. The highest BCUT2D eigenvalue weighted by Gasteiger charge is 2.15. The van der Waals surface area contributed by atoms with Gasteiger partial charge in [0.15, 0.2) is 0 Å². The summed E-state index contributed by atoms with van der Waals surface area (Å²) in [7, 11) is 1.92. The van der Waals surface area contributed by atoms with Gasteiger partial charge in [0.1, 0.15) is 0 Å². The molecule has 0 aliphatic heterocycles. The van der Waals surface area contributed by atoms with Gasteiger partial charge in [0.2, 0.25) is 0 Å². The maximum atomic E-state index is 12.9. The zero-order valence-corrected chi connectivity index (χ0v) is 16.0. The SMILES string of the molecule is Cc1c(CNCc2ccc(-n3ccnc3)cc2)c(=O)n(-c2ccccc2)n1C. The van der Waals surface area contributed by atoms with Gasteiger partial charge in [0.25, 0.3) is 5.56 Å². The summed E-state index contributed by atoms with van der Waals surface area (Å²) >= 11 is 0. The molecule has 0 spiro atoms. The fraction of sp³-hybridized carbons (Fsp3) is 0.182. The Hall–Kier alpha value is -3.38. The van der Waals surface area contributed by atoms with Gasteiger partial charge < -0.3 is 9.88 Å². The third-order valence-electron chi connectivity index (χ3n) is 5.04. The smallest absolute Gasteiger partial charge is 0.276 e. The predicted octanol–water partition coefficient (Wildman–Crippen LogP) is 2.96. The van der Waals surface area contributed by atoms with Crippen molar-refractivity contribution >= 4 is 0 Å². The molecule has 2 heterocycles. The fourth-order valence-electron chi connectivity index (χ4n) is 3.36. The lowest BCUT2D eigenvalue weighted by Crippen LogP contribution is -2.23. The Bertz CT molecular complexity index is 1110. The number of hydrogen-bond acceptors (Lipinski definition) is 3. The summed E-state index contributed by atoms with van der Waals surface area (Å²) in [4.78, 5) is 17.0. The van der Waals surface area contributed by atoms with Crippen molar-refractivity contribution in [1.29, 1.82) is 0 Å². The molecule has 0 fully saturated rings. The Morgan fingerprint density at radius 2 is 1.71 bits per heavy atom. The molecule has 142 valence electrons. The van der Waals surface area contributed by atoms with E-state index in [1.807, 2.05) is 59.7 Å². The van der Waals surface area contributed by atoms with Crippen LogP contribution < -0.4 is 10.9 Å². The molecule has 0 bridgehead atoms. The topological polar surface area (TPSA) is 56.8 Å². The summed E-state index contributed by atoms with van der Waals surface area (Å²) in [5.74, 6) is 0. The van der Waals surface area contributed by atoms with E-state index in [4.69, 9.17) is 0 Å². The second-order valence-corrected chi connectivity index (χ2v) is 6.78. The minimum absolute atomic E-state index is 0.0224. The van der Waals surface area contributed by atoms with Crippen molar-refractivity contribution in [2.45, 2.75) is 20.0 Å². The van der Waals surface area contributed by atoms with Gasteiger partial charge in [-0.2, -0.15) is 0 Å². The first kappa shape index (κ1) is 18.0. The highest BCUT2D eigenvalue weighted by atomic mass is 16.1. The van der Waals surface area contributed by atoms with Crippen molar-refractivity contribution in [2.24, 2.45) is 7.05 Å². The van der Waals surface area contributed by atoms with Gasteiger partial charge in [-0.3, -0.25) is 9.48 Å². The monoisotopic (exact) mass is 373 g/mol. The second kappa shape index (κ2) is 7.70. The zero-order chi connectivity index (χ0) is 19.5. The molecule has 2 aromatic heterocycles. The summed E-state index contributed by atoms with van der Waals surface area (Å²) < 4.78 is 5.59. The summed E-state index contributed by atoms with van der Waals surface area (Å²) in [6, 6.07) is 18.0. The molecule has 2 aromatic carbocycles. The molecule has 4 aromatic rings. The predicted molar refractivity (Wildman–Crippen MR) is 110 cm³/mol. The van der Waals surface area contributed by atoms with Crippen LogP contribution in [0.15, 0.2) is 78.1 Å². The maximum absolute atomic E-state index is 12.9. The molecule has 4 rings (SSSR count). The van der Waals surface area contributed by atoms with Crippen LogP contribution in [0.4, 0.5) is 0 Å². The van der Waals surface area contributed by atoms with E-state index < -0.39 is 0 Å². The van der Waals surface area contributed by atoms with E-state index in [9.17, 15) is 4.79 Å². The molecular formula is C22H23N5O. The highest BCUT2D eigenvalue weighted by Crippen LogP contribution is 2.11. The lowest BCUT2D eigenvalue weighted by Gasteiger charge is -2.07. The van der Waals surface area contributed by atoms with Gasteiger partial charge in [-0.15, -0.1) is 0 Å². The Morgan fingerprint density at radius 1 is 0.964 bits per heavy atom. The van der Waals surface area contributed by atoms with E-state index in [0.717, 1.165) is 22.6 Å². The van der Waals surface area contributed by atoms with Crippen LogP contribution in [0.5, 0.6) is 0 Å². The van der Waals surface area contributed by atoms with Crippen LogP contribution in [0.1, 0.15) is 16.8 Å². The zero-order valence-electron chi connectivity index (χ0n) is 16.0. The van der Waals surface area contributed by atoms with Crippen molar-refractivity contribution in [3.05, 3.63) is 100 Å². The fourth-order valence-corrected chi connectivity index (χ4v) is 3.36. The van der Waals surface area contributed by atoms with E-state index in [-0.39, 0.29) is 5.56 Å². The molecular weight excluding hydrogens is 350 g/mol. The molecule has 0 unspecified atom stereocenters. The number of rotatable bonds is 6. The lowest BCUT2D eigenvalue weighted by atomic mass is 10.2. The molecule has 6 heteroatoms. The Balaban J connectivity index is 1.46. The van der Waals surface area contributed by atoms with Crippen molar-refractivity contribution < 1.29 is 0 Å². The molecule has 6 nitrogen and oxygen atoms in total. The van der Waals surface area contributed by atoms with Crippen LogP contribution in [0.2, 0.25) is 0 Å². The van der Waals surface area contributed by atoms with Crippen molar-refractivity contribution in [3.8, 4) is 11.4 Å². The van der Waals surface area contributed by atoms with Crippen LogP contribution in [0, 0.1) is 6.92 Å². The van der Waals surface area contributed by atoms with Crippen LogP contribution in [0.3, 0.4) is 0 Å². The van der Waals surface area contributed by atoms with Crippen LogP contribution >= 0.6 is 0 Å². The van der Waals surface area contributed by atoms with Crippen LogP contribution in [-0.4, -0.2) is 18.9 Å². The third-order valence-corrected chi connectivity index (χ3v) is 5.04. The van der Waals surface area contributed by atoms with Crippen molar-refractivity contribution in [3.63, 3.8) is 0 Å². The van der Waals surface area contributed by atoms with Gasteiger partial charge in [0.05, 0.1) is 17.6 Å². The van der Waals surface area contributed by atoms with Gasteiger partial charge in [-0.25, -0.2) is 9.67 Å². The van der Waals surface area contributed by atoms with Gasteiger partial charge in [-0.1, -0.05) is 30.3 Å². The average Bonchev–Trinajstić information content (AvgIpc) is 3.33. The molecule has 1 N–H and O–H groups in total. The number of benzene rings is 2. The number of imidazole rings is 1. The summed E-state index contributed by atoms with van der Waals surface area (Å²) in [5, 5.41) is 3.40. The summed E-state index contributed by atoms with van der Waals surface area (Å²) in [5.41, 5.74) is 4.90. The molecule has 0 saturated heterocycles. The number of nitrogens with one attached hydrogen (secondary N) is 1. The van der Waals surface area contributed by atoms with E-state index in [0.29, 0.717) is 13.1 Å². The molecule has 28 heavy (non-hydrogen) atoms. The standard InChI is InChI=1S/C22H23N5O/c1-17-21(22(28)27(25(17)2)20-6-4-3-5-7-20)15-24-14-18-8-10-19(11-9-18)26-13-12-23-16-26/h3-13,16,24H,14-15H2,1-2H3. The van der Waals surface area contributed by atoms with Gasteiger partial charge in [0, 0.05) is 43.9 Å². The summed E-state index contributed by atoms with van der Waals surface area (Å²) in [6.07, 6.45) is 5.46. The Morgan fingerprint density at radius 3 is 2.39 bits per heavy atom.